The summed E-state index contributed by atoms with van der Waals surface area (Å²) in [5, 5.41) is 11.2. The van der Waals surface area contributed by atoms with Crippen LogP contribution >= 0.6 is 0 Å². The van der Waals surface area contributed by atoms with Crippen LogP contribution in [0.25, 0.3) is 0 Å². The van der Waals surface area contributed by atoms with E-state index in [2.05, 4.69) is 5.32 Å². The van der Waals surface area contributed by atoms with Gasteiger partial charge in [0.1, 0.15) is 11.6 Å². The molecule has 1 aliphatic rings. The van der Waals surface area contributed by atoms with E-state index in [0.29, 0.717) is 13.0 Å². The summed E-state index contributed by atoms with van der Waals surface area (Å²) in [7, 11) is 0. The minimum Gasteiger partial charge on any atom is -0.478 e. The minimum absolute atomic E-state index is 0.313. The largest absolute Gasteiger partial charge is 0.478 e. The molecule has 1 amide bonds. The molecule has 2 N–H and O–H groups in total. The summed E-state index contributed by atoms with van der Waals surface area (Å²) in [6.45, 7) is 3.62. The fraction of sp³-hybridized carbons (Fsp3) is 0.318. The number of epoxide rings is 1. The Hall–Kier alpha value is -3.19. The van der Waals surface area contributed by atoms with Crippen molar-refractivity contribution in [2.24, 2.45) is 0 Å². The lowest BCUT2D eigenvalue weighted by Gasteiger charge is -2.22. The average Bonchev–Trinajstić information content (AvgIpc) is 3.41. The van der Waals surface area contributed by atoms with Crippen LogP contribution in [-0.4, -0.2) is 47.3 Å². The van der Waals surface area contributed by atoms with Gasteiger partial charge in [0.05, 0.1) is 6.61 Å². The number of carboxylic acid groups (broad SMARTS) is 1. The normalized spacial score (nSPS) is 20.6. The summed E-state index contributed by atoms with van der Waals surface area (Å²) in [6.07, 6.45) is 8.56. The summed E-state index contributed by atoms with van der Waals surface area (Å²) in [5.74, 6) is -1.91. The number of allylic oxidation sites excluding steroid dienone is 4. The van der Waals surface area contributed by atoms with Crippen LogP contribution in [0.5, 0.6) is 0 Å². The van der Waals surface area contributed by atoms with Crippen molar-refractivity contribution in [3.05, 3.63) is 72.4 Å². The molecule has 0 spiro atoms. The van der Waals surface area contributed by atoms with E-state index in [9.17, 15) is 14.4 Å². The van der Waals surface area contributed by atoms with Gasteiger partial charge in [-0.2, -0.15) is 0 Å². The first-order valence-corrected chi connectivity index (χ1v) is 9.20. The number of carbonyl (C=O) groups is 3. The maximum Gasteiger partial charge on any atom is 0.329 e. The van der Waals surface area contributed by atoms with Gasteiger partial charge in [-0.3, -0.25) is 4.79 Å². The zero-order valence-corrected chi connectivity index (χ0v) is 16.4. The average molecular weight is 399 g/mol. The zero-order valence-electron chi connectivity index (χ0n) is 16.4. The van der Waals surface area contributed by atoms with Gasteiger partial charge < -0.3 is 19.9 Å². The van der Waals surface area contributed by atoms with Crippen LogP contribution in [0.3, 0.4) is 0 Å². The highest BCUT2D eigenvalue weighted by molar-refractivity contribution is 5.83. The third kappa shape index (κ3) is 7.75. The Kier molecular flexibility index (Phi) is 7.91. The Morgan fingerprint density at radius 1 is 1.21 bits per heavy atom. The summed E-state index contributed by atoms with van der Waals surface area (Å²) < 4.78 is 11.1. The molecule has 1 aromatic rings. The van der Waals surface area contributed by atoms with Crippen LogP contribution in [0.2, 0.25) is 0 Å². The van der Waals surface area contributed by atoms with E-state index in [1.807, 2.05) is 37.3 Å². The number of hydrogen-bond acceptors (Lipinski definition) is 5. The second-order valence-electron chi connectivity index (χ2n) is 6.87. The van der Waals surface area contributed by atoms with Gasteiger partial charge in [-0.25, -0.2) is 9.59 Å². The van der Waals surface area contributed by atoms with Crippen molar-refractivity contribution in [3.63, 3.8) is 0 Å². The van der Waals surface area contributed by atoms with E-state index in [1.54, 1.807) is 24.3 Å². The molecule has 0 aliphatic carbocycles. The Morgan fingerprint density at radius 2 is 1.86 bits per heavy atom. The molecule has 7 nitrogen and oxygen atoms in total. The van der Waals surface area contributed by atoms with Gasteiger partial charge in [-0.15, -0.1) is 0 Å². The number of rotatable bonds is 10. The van der Waals surface area contributed by atoms with Gasteiger partial charge in [0.2, 0.25) is 5.91 Å². The standard InChI is InChI=1S/C22H25NO6/c1-16(24)23-18(14-17-10-6-5-7-11-17)21(27)29-19(22(2)15-28-22)12-8-3-4-9-13-20(25)26/h3-13,18-19H,14-15H2,1-2H3,(H,23,24)(H,25,26)/t18-,19-,22-/m0/s1. The van der Waals surface area contributed by atoms with Crippen LogP contribution in [0.4, 0.5) is 0 Å². The van der Waals surface area contributed by atoms with E-state index in [4.69, 9.17) is 14.6 Å². The van der Waals surface area contributed by atoms with Crippen molar-refractivity contribution in [1.29, 1.82) is 0 Å². The number of ether oxygens (including phenoxy) is 2. The van der Waals surface area contributed by atoms with Gasteiger partial charge in [-0.1, -0.05) is 54.6 Å². The van der Waals surface area contributed by atoms with Crippen molar-refractivity contribution in [2.75, 3.05) is 6.61 Å². The summed E-state index contributed by atoms with van der Waals surface area (Å²) >= 11 is 0. The van der Waals surface area contributed by atoms with Gasteiger partial charge in [0.15, 0.2) is 6.10 Å². The van der Waals surface area contributed by atoms with Crippen molar-refractivity contribution in [2.45, 2.75) is 38.0 Å². The van der Waals surface area contributed by atoms with Gasteiger partial charge >= 0.3 is 11.9 Å². The lowest BCUT2D eigenvalue weighted by molar-refractivity contribution is -0.153. The maximum atomic E-state index is 12.8. The zero-order chi connectivity index (χ0) is 21.3. The van der Waals surface area contributed by atoms with Crippen LogP contribution in [0.1, 0.15) is 19.4 Å². The third-order valence-corrected chi connectivity index (χ3v) is 4.25. The molecule has 29 heavy (non-hydrogen) atoms. The number of hydrogen-bond donors (Lipinski definition) is 2. The molecule has 0 bridgehead atoms. The quantitative estimate of drug-likeness (QED) is 0.270. The molecular formula is C22H25NO6. The molecule has 0 saturated carbocycles. The molecular weight excluding hydrogens is 374 g/mol. The molecule has 0 unspecified atom stereocenters. The first-order chi connectivity index (χ1) is 13.8. The lowest BCUT2D eigenvalue weighted by atomic mass is 10.0. The number of carboxylic acids is 1. The molecule has 0 radical (unpaired) electrons. The predicted octanol–water partition coefficient (Wildman–Crippen LogP) is 2.19. The molecule has 1 fully saturated rings. The van der Waals surface area contributed by atoms with Crippen molar-refractivity contribution < 1.29 is 29.0 Å². The Labute approximate surface area is 169 Å². The molecule has 0 aromatic heterocycles. The number of benzene rings is 1. The number of carbonyl (C=O) groups excluding carboxylic acids is 2. The van der Waals surface area contributed by atoms with Gasteiger partial charge in [-0.05, 0) is 18.6 Å². The SMILES string of the molecule is CC(=O)N[C@@H](Cc1ccccc1)C(=O)O[C@@H](C=CC=CC=CC(=O)O)[C@]1(C)CO1. The molecule has 3 atom stereocenters. The van der Waals surface area contributed by atoms with E-state index < -0.39 is 29.7 Å². The van der Waals surface area contributed by atoms with Gasteiger partial charge in [0, 0.05) is 19.4 Å². The second-order valence-corrected chi connectivity index (χ2v) is 6.87. The van der Waals surface area contributed by atoms with E-state index in [1.165, 1.54) is 13.0 Å². The molecule has 1 heterocycles. The summed E-state index contributed by atoms with van der Waals surface area (Å²) in [6, 6.07) is 8.53. The third-order valence-electron chi connectivity index (χ3n) is 4.25. The van der Waals surface area contributed by atoms with Crippen LogP contribution in [0, 0.1) is 0 Å². The van der Waals surface area contributed by atoms with Crippen molar-refractivity contribution in [3.8, 4) is 0 Å². The first kappa shape index (κ1) is 22.1. The van der Waals surface area contributed by atoms with Crippen molar-refractivity contribution >= 4 is 17.8 Å². The Morgan fingerprint density at radius 3 is 2.45 bits per heavy atom. The maximum absolute atomic E-state index is 12.8. The number of nitrogens with one attached hydrogen (secondary N) is 1. The monoisotopic (exact) mass is 399 g/mol. The fourth-order valence-corrected chi connectivity index (χ4v) is 2.57. The molecule has 154 valence electrons. The highest BCUT2D eigenvalue weighted by atomic mass is 16.6. The lowest BCUT2D eigenvalue weighted by Crippen LogP contribution is -2.45. The smallest absolute Gasteiger partial charge is 0.329 e. The van der Waals surface area contributed by atoms with Crippen LogP contribution < -0.4 is 5.32 Å². The highest BCUT2D eigenvalue weighted by Gasteiger charge is 2.48. The van der Waals surface area contributed by atoms with Crippen molar-refractivity contribution in [1.82, 2.24) is 5.32 Å². The molecule has 1 saturated heterocycles. The number of aliphatic carboxylic acids is 1. The van der Waals surface area contributed by atoms with Crippen LogP contribution in [-0.2, 0) is 30.3 Å². The van der Waals surface area contributed by atoms with Crippen LogP contribution in [0.15, 0.2) is 66.8 Å². The van der Waals surface area contributed by atoms with Gasteiger partial charge in [0.25, 0.3) is 0 Å². The first-order valence-electron chi connectivity index (χ1n) is 9.20. The second kappa shape index (κ2) is 10.4. The summed E-state index contributed by atoms with van der Waals surface area (Å²) in [4.78, 5) is 34.7. The highest BCUT2D eigenvalue weighted by Crippen LogP contribution is 2.33. The number of esters is 1. The fourth-order valence-electron chi connectivity index (χ4n) is 2.57. The van der Waals surface area contributed by atoms with E-state index >= 15 is 0 Å². The molecule has 2 rings (SSSR count). The molecule has 1 aliphatic heterocycles. The molecule has 1 aromatic carbocycles. The van der Waals surface area contributed by atoms with E-state index in [-0.39, 0.29) is 5.91 Å². The Bertz CT molecular complexity index is 808. The Balaban J connectivity index is 2.06. The van der Waals surface area contributed by atoms with E-state index in [0.717, 1.165) is 11.6 Å². The molecule has 7 heteroatoms. The minimum atomic E-state index is -1.04. The number of amides is 1. The predicted molar refractivity (Wildman–Crippen MR) is 107 cm³/mol. The topological polar surface area (TPSA) is 105 Å². The summed E-state index contributed by atoms with van der Waals surface area (Å²) in [5.41, 5.74) is 0.280.